The average molecular weight is 435 g/mol. The highest BCUT2D eigenvalue weighted by atomic mass is 35.5. The van der Waals surface area contributed by atoms with Gasteiger partial charge in [0.25, 0.3) is 0 Å². The molecule has 4 nitrogen and oxygen atoms in total. The summed E-state index contributed by atoms with van der Waals surface area (Å²) >= 11 is 12.4. The summed E-state index contributed by atoms with van der Waals surface area (Å²) in [5.74, 6) is -0.453. The number of nitriles is 1. The first-order valence-corrected chi connectivity index (χ1v) is 9.59. The first-order valence-electron chi connectivity index (χ1n) is 8.84. The molecular formula is C23H13Cl2FN4. The fraction of sp³-hybridized carbons (Fsp3) is 0. The van der Waals surface area contributed by atoms with Crippen LogP contribution in [-0.2, 0) is 0 Å². The van der Waals surface area contributed by atoms with E-state index in [1.807, 2.05) is 0 Å². The Hall–Kier alpha value is -3.46. The molecule has 2 aromatic carbocycles. The third kappa shape index (κ3) is 3.59. The maximum absolute atomic E-state index is 14.2. The van der Waals surface area contributed by atoms with Crippen molar-refractivity contribution in [2.45, 2.75) is 0 Å². The van der Waals surface area contributed by atoms with E-state index in [0.717, 1.165) is 0 Å². The summed E-state index contributed by atoms with van der Waals surface area (Å²) in [7, 11) is 0. The monoisotopic (exact) mass is 434 g/mol. The highest BCUT2D eigenvalue weighted by molar-refractivity contribution is 6.36. The van der Waals surface area contributed by atoms with Crippen molar-refractivity contribution in [3.05, 3.63) is 88.4 Å². The van der Waals surface area contributed by atoms with Gasteiger partial charge in [0, 0.05) is 34.4 Å². The summed E-state index contributed by atoms with van der Waals surface area (Å²) in [5, 5.41) is 14.7. The van der Waals surface area contributed by atoms with Crippen LogP contribution in [0.15, 0.2) is 61.4 Å². The van der Waals surface area contributed by atoms with Gasteiger partial charge in [-0.15, -0.1) is 0 Å². The van der Waals surface area contributed by atoms with Gasteiger partial charge in [-0.1, -0.05) is 35.9 Å². The van der Waals surface area contributed by atoms with Gasteiger partial charge in [-0.05, 0) is 42.0 Å². The second-order valence-corrected chi connectivity index (χ2v) is 7.24. The van der Waals surface area contributed by atoms with Crippen LogP contribution in [0, 0.1) is 17.1 Å². The summed E-state index contributed by atoms with van der Waals surface area (Å²) in [6, 6.07) is 13.4. The van der Waals surface area contributed by atoms with E-state index in [-0.39, 0.29) is 5.56 Å². The molecule has 7 heteroatoms. The van der Waals surface area contributed by atoms with Crippen LogP contribution in [0.5, 0.6) is 0 Å². The van der Waals surface area contributed by atoms with E-state index in [9.17, 15) is 9.65 Å². The van der Waals surface area contributed by atoms with Crippen molar-refractivity contribution in [1.29, 1.82) is 5.26 Å². The van der Waals surface area contributed by atoms with Gasteiger partial charge in [0.2, 0.25) is 0 Å². The smallest absolute Gasteiger partial charge is 0.126 e. The van der Waals surface area contributed by atoms with Crippen LogP contribution in [0.25, 0.3) is 28.2 Å². The summed E-state index contributed by atoms with van der Waals surface area (Å²) in [6.45, 7) is 3.78. The lowest BCUT2D eigenvalue weighted by atomic mass is 9.98. The van der Waals surface area contributed by atoms with Crippen molar-refractivity contribution in [3.63, 3.8) is 0 Å². The Bertz CT molecular complexity index is 1330. The number of benzene rings is 2. The lowest BCUT2D eigenvalue weighted by molar-refractivity contribution is 0.629. The number of nitrogens with zero attached hydrogens (tertiary/aromatic N) is 3. The molecule has 0 aliphatic heterocycles. The Morgan fingerprint density at radius 1 is 1.10 bits per heavy atom. The maximum atomic E-state index is 14.2. The van der Waals surface area contributed by atoms with E-state index in [0.29, 0.717) is 49.1 Å². The standard InChI is InChI=1S/C23H13Cl2FN4/c1-2-13-9-16(26)11-20-21(13)23(29-19-4-3-15(24)10-18(19)25)17(12-27)22(30-20)14-5-7-28-8-6-14/h2-11H,1H2,(H,29,30). The number of pyridine rings is 2. The lowest BCUT2D eigenvalue weighted by Crippen LogP contribution is -2.02. The normalized spacial score (nSPS) is 10.6. The van der Waals surface area contributed by atoms with Crippen LogP contribution >= 0.6 is 23.2 Å². The number of fused-ring (bicyclic) bond motifs is 1. The summed E-state index contributed by atoms with van der Waals surface area (Å²) < 4.78 is 14.2. The topological polar surface area (TPSA) is 61.6 Å². The maximum Gasteiger partial charge on any atom is 0.126 e. The van der Waals surface area contributed by atoms with Crippen LogP contribution in [-0.4, -0.2) is 9.97 Å². The molecule has 0 amide bonds. The minimum absolute atomic E-state index is 0.287. The van der Waals surface area contributed by atoms with E-state index in [4.69, 9.17) is 23.2 Å². The van der Waals surface area contributed by atoms with Gasteiger partial charge in [-0.25, -0.2) is 9.37 Å². The fourth-order valence-corrected chi connectivity index (χ4v) is 3.69. The quantitative estimate of drug-likeness (QED) is 0.375. The number of hydrogen-bond donors (Lipinski definition) is 1. The molecular weight excluding hydrogens is 422 g/mol. The van der Waals surface area contributed by atoms with Crippen LogP contribution in [0.2, 0.25) is 10.0 Å². The molecule has 0 aliphatic carbocycles. The number of anilines is 2. The van der Waals surface area contributed by atoms with Crippen LogP contribution in [0.1, 0.15) is 11.1 Å². The summed E-state index contributed by atoms with van der Waals surface area (Å²) in [4.78, 5) is 8.60. The number of nitrogens with one attached hydrogen (secondary N) is 1. The van der Waals surface area contributed by atoms with Gasteiger partial charge in [0.1, 0.15) is 17.4 Å². The molecule has 0 fully saturated rings. The molecule has 0 spiro atoms. The zero-order valence-corrected chi connectivity index (χ0v) is 17.0. The highest BCUT2D eigenvalue weighted by Gasteiger charge is 2.20. The first-order chi connectivity index (χ1) is 14.5. The second-order valence-electron chi connectivity index (χ2n) is 6.40. The number of rotatable bonds is 4. The lowest BCUT2D eigenvalue weighted by Gasteiger charge is -2.17. The van der Waals surface area contributed by atoms with E-state index in [1.54, 1.807) is 42.7 Å². The second kappa shape index (κ2) is 8.11. The van der Waals surface area contributed by atoms with Crippen molar-refractivity contribution in [1.82, 2.24) is 9.97 Å². The number of hydrogen-bond acceptors (Lipinski definition) is 4. The molecule has 30 heavy (non-hydrogen) atoms. The third-order valence-electron chi connectivity index (χ3n) is 4.56. The number of halogens is 3. The van der Waals surface area contributed by atoms with E-state index in [2.05, 4.69) is 27.9 Å². The van der Waals surface area contributed by atoms with Crippen molar-refractivity contribution < 1.29 is 4.39 Å². The molecule has 0 saturated heterocycles. The molecule has 0 unspecified atom stereocenters. The van der Waals surface area contributed by atoms with E-state index in [1.165, 1.54) is 18.2 Å². The minimum atomic E-state index is -0.453. The third-order valence-corrected chi connectivity index (χ3v) is 5.11. The minimum Gasteiger partial charge on any atom is -0.353 e. The van der Waals surface area contributed by atoms with Crippen molar-refractivity contribution >= 4 is 51.6 Å². The predicted molar refractivity (Wildman–Crippen MR) is 119 cm³/mol. The van der Waals surface area contributed by atoms with Crippen molar-refractivity contribution in [3.8, 4) is 17.3 Å². The Labute approximate surface area is 182 Å². The molecule has 2 aromatic heterocycles. The highest BCUT2D eigenvalue weighted by Crippen LogP contribution is 2.39. The first kappa shape index (κ1) is 19.8. The molecule has 0 radical (unpaired) electrons. The Morgan fingerprint density at radius 2 is 1.87 bits per heavy atom. The molecule has 4 rings (SSSR count). The molecule has 2 heterocycles. The Morgan fingerprint density at radius 3 is 2.53 bits per heavy atom. The summed E-state index contributed by atoms with van der Waals surface area (Å²) in [5.41, 5.74) is 3.25. The van der Waals surface area contributed by atoms with Gasteiger partial charge < -0.3 is 5.32 Å². The van der Waals surface area contributed by atoms with Gasteiger partial charge in [0.05, 0.1) is 27.6 Å². The summed E-state index contributed by atoms with van der Waals surface area (Å²) in [6.07, 6.45) is 4.73. The SMILES string of the molecule is C=Cc1cc(F)cc2nc(-c3ccncc3)c(C#N)c(Nc3ccc(Cl)cc3Cl)c12. The van der Waals surface area contributed by atoms with Gasteiger partial charge in [0.15, 0.2) is 0 Å². The van der Waals surface area contributed by atoms with Crippen molar-refractivity contribution in [2.75, 3.05) is 5.32 Å². The van der Waals surface area contributed by atoms with Gasteiger partial charge >= 0.3 is 0 Å². The average Bonchev–Trinajstić information content (AvgIpc) is 2.75. The molecule has 4 aromatic rings. The molecule has 0 atom stereocenters. The molecule has 0 bridgehead atoms. The van der Waals surface area contributed by atoms with Gasteiger partial charge in [-0.2, -0.15) is 5.26 Å². The number of aromatic nitrogens is 2. The molecule has 146 valence electrons. The van der Waals surface area contributed by atoms with Crippen LogP contribution < -0.4 is 5.32 Å². The zero-order valence-electron chi connectivity index (χ0n) is 15.5. The predicted octanol–water partition coefficient (Wildman–Crippen LogP) is 7.00. The van der Waals surface area contributed by atoms with Crippen LogP contribution in [0.3, 0.4) is 0 Å². The Balaban J connectivity index is 2.09. The molecule has 1 N–H and O–H groups in total. The van der Waals surface area contributed by atoms with E-state index < -0.39 is 5.82 Å². The van der Waals surface area contributed by atoms with Gasteiger partial charge in [-0.3, -0.25) is 4.98 Å². The zero-order chi connectivity index (χ0) is 21.3. The Kier molecular flexibility index (Phi) is 5.37. The van der Waals surface area contributed by atoms with Crippen LogP contribution in [0.4, 0.5) is 15.8 Å². The van der Waals surface area contributed by atoms with E-state index >= 15 is 0 Å². The molecule has 0 saturated carbocycles. The fourth-order valence-electron chi connectivity index (χ4n) is 3.23. The largest absolute Gasteiger partial charge is 0.353 e. The molecule has 0 aliphatic rings. The van der Waals surface area contributed by atoms with Crippen molar-refractivity contribution in [2.24, 2.45) is 0 Å².